The van der Waals surface area contributed by atoms with Gasteiger partial charge in [-0.25, -0.2) is 0 Å². The van der Waals surface area contributed by atoms with Crippen molar-refractivity contribution in [2.45, 2.75) is 52.0 Å². The highest BCUT2D eigenvalue weighted by atomic mass is 15.5. The summed E-state index contributed by atoms with van der Waals surface area (Å²) in [5.74, 6) is 0. The SMILES string of the molecule is CCCCCCC(C)Nc1ccc(-n2nccn2)cc1. The first kappa shape index (κ1) is 14.6. The monoisotopic (exact) mass is 272 g/mol. The minimum absolute atomic E-state index is 0.514. The van der Waals surface area contributed by atoms with Gasteiger partial charge in [-0.1, -0.05) is 32.6 Å². The number of nitrogens with zero attached hydrogens (tertiary/aromatic N) is 3. The molecule has 108 valence electrons. The van der Waals surface area contributed by atoms with Crippen molar-refractivity contribution in [2.24, 2.45) is 0 Å². The first-order chi connectivity index (χ1) is 9.79. The summed E-state index contributed by atoms with van der Waals surface area (Å²) in [6, 6.07) is 8.75. The molecule has 4 nitrogen and oxygen atoms in total. The van der Waals surface area contributed by atoms with Gasteiger partial charge in [0.05, 0.1) is 18.1 Å². The zero-order valence-electron chi connectivity index (χ0n) is 12.4. The molecule has 0 saturated heterocycles. The predicted molar refractivity (Wildman–Crippen MR) is 83.2 cm³/mol. The minimum Gasteiger partial charge on any atom is -0.383 e. The van der Waals surface area contributed by atoms with E-state index in [1.54, 1.807) is 17.2 Å². The Labute approximate surface area is 121 Å². The Hall–Kier alpha value is -1.84. The molecule has 4 heteroatoms. The van der Waals surface area contributed by atoms with Gasteiger partial charge in [-0.05, 0) is 37.6 Å². The van der Waals surface area contributed by atoms with Crippen molar-refractivity contribution >= 4 is 5.69 Å². The number of hydrogen-bond donors (Lipinski definition) is 1. The fourth-order valence-corrected chi connectivity index (χ4v) is 2.27. The van der Waals surface area contributed by atoms with Crippen LogP contribution in [-0.4, -0.2) is 21.0 Å². The molecular weight excluding hydrogens is 248 g/mol. The molecule has 1 N–H and O–H groups in total. The molecule has 1 unspecified atom stereocenters. The van der Waals surface area contributed by atoms with Gasteiger partial charge >= 0.3 is 0 Å². The van der Waals surface area contributed by atoms with E-state index in [-0.39, 0.29) is 0 Å². The van der Waals surface area contributed by atoms with Crippen molar-refractivity contribution in [3.63, 3.8) is 0 Å². The Balaban J connectivity index is 1.81. The van der Waals surface area contributed by atoms with Gasteiger partial charge in [-0.3, -0.25) is 0 Å². The lowest BCUT2D eigenvalue weighted by molar-refractivity contribution is 0.594. The summed E-state index contributed by atoms with van der Waals surface area (Å²) in [4.78, 5) is 1.62. The second-order valence-electron chi connectivity index (χ2n) is 5.26. The Morgan fingerprint density at radius 2 is 1.75 bits per heavy atom. The van der Waals surface area contributed by atoms with Crippen LogP contribution in [0.5, 0.6) is 0 Å². The molecule has 1 aromatic carbocycles. The standard InChI is InChI=1S/C16H24N4/c1-3-4-5-6-7-14(2)19-15-8-10-16(11-9-15)20-17-12-13-18-20/h8-14,19H,3-7H2,1-2H3. The van der Waals surface area contributed by atoms with E-state index in [0.717, 1.165) is 11.4 Å². The molecule has 0 aliphatic rings. The Bertz CT molecular complexity index is 476. The molecule has 20 heavy (non-hydrogen) atoms. The second kappa shape index (κ2) is 7.68. The fourth-order valence-electron chi connectivity index (χ4n) is 2.27. The molecule has 2 rings (SSSR count). The number of benzene rings is 1. The smallest absolute Gasteiger partial charge is 0.0858 e. The van der Waals surface area contributed by atoms with Crippen LogP contribution in [0, 0.1) is 0 Å². The maximum Gasteiger partial charge on any atom is 0.0858 e. The quantitative estimate of drug-likeness (QED) is 0.737. The number of rotatable bonds is 8. The fraction of sp³-hybridized carbons (Fsp3) is 0.500. The van der Waals surface area contributed by atoms with Crippen molar-refractivity contribution in [1.29, 1.82) is 0 Å². The van der Waals surface area contributed by atoms with Gasteiger partial charge in [-0.15, -0.1) is 0 Å². The molecule has 0 radical (unpaired) electrons. The Morgan fingerprint density at radius 1 is 1.05 bits per heavy atom. The highest BCUT2D eigenvalue weighted by molar-refractivity contribution is 5.48. The normalized spacial score (nSPS) is 12.3. The largest absolute Gasteiger partial charge is 0.383 e. The molecule has 1 aromatic heterocycles. The molecule has 0 aliphatic carbocycles. The zero-order valence-corrected chi connectivity index (χ0v) is 12.4. The first-order valence-corrected chi connectivity index (χ1v) is 7.53. The van der Waals surface area contributed by atoms with Crippen LogP contribution in [0.2, 0.25) is 0 Å². The van der Waals surface area contributed by atoms with Crippen LogP contribution >= 0.6 is 0 Å². The van der Waals surface area contributed by atoms with Crippen molar-refractivity contribution in [1.82, 2.24) is 15.0 Å². The van der Waals surface area contributed by atoms with Gasteiger partial charge in [0.1, 0.15) is 0 Å². The van der Waals surface area contributed by atoms with Gasteiger partial charge in [0.25, 0.3) is 0 Å². The highest BCUT2D eigenvalue weighted by Gasteiger charge is 2.03. The number of unbranched alkanes of at least 4 members (excludes halogenated alkanes) is 3. The second-order valence-corrected chi connectivity index (χ2v) is 5.26. The molecule has 0 saturated carbocycles. The van der Waals surface area contributed by atoms with E-state index in [0.29, 0.717) is 6.04 Å². The van der Waals surface area contributed by atoms with Crippen molar-refractivity contribution in [2.75, 3.05) is 5.32 Å². The zero-order chi connectivity index (χ0) is 14.2. The molecular formula is C16H24N4. The van der Waals surface area contributed by atoms with Gasteiger partial charge in [-0.2, -0.15) is 15.0 Å². The number of anilines is 1. The number of hydrogen-bond acceptors (Lipinski definition) is 3. The van der Waals surface area contributed by atoms with E-state index in [1.165, 1.54) is 32.1 Å². The van der Waals surface area contributed by atoms with Gasteiger partial charge in [0, 0.05) is 11.7 Å². The lowest BCUT2D eigenvalue weighted by Crippen LogP contribution is -2.14. The molecule has 1 heterocycles. The van der Waals surface area contributed by atoms with Crippen molar-refractivity contribution < 1.29 is 0 Å². The summed E-state index contributed by atoms with van der Waals surface area (Å²) in [5.41, 5.74) is 2.14. The predicted octanol–water partition coefficient (Wildman–Crippen LogP) is 4.04. The van der Waals surface area contributed by atoms with Crippen LogP contribution < -0.4 is 5.32 Å². The van der Waals surface area contributed by atoms with E-state index < -0.39 is 0 Å². The number of nitrogens with one attached hydrogen (secondary N) is 1. The third-order valence-electron chi connectivity index (χ3n) is 3.42. The first-order valence-electron chi connectivity index (χ1n) is 7.53. The molecule has 0 bridgehead atoms. The lowest BCUT2D eigenvalue weighted by Gasteiger charge is -2.15. The van der Waals surface area contributed by atoms with E-state index in [1.807, 2.05) is 12.1 Å². The van der Waals surface area contributed by atoms with E-state index in [4.69, 9.17) is 0 Å². The van der Waals surface area contributed by atoms with Gasteiger partial charge in [0.2, 0.25) is 0 Å². The maximum atomic E-state index is 4.12. The van der Waals surface area contributed by atoms with Crippen LogP contribution in [0.25, 0.3) is 5.69 Å². The molecule has 0 fully saturated rings. The third-order valence-corrected chi connectivity index (χ3v) is 3.42. The lowest BCUT2D eigenvalue weighted by atomic mass is 10.1. The topological polar surface area (TPSA) is 42.7 Å². The average molecular weight is 272 g/mol. The average Bonchev–Trinajstić information content (AvgIpc) is 2.99. The summed E-state index contributed by atoms with van der Waals surface area (Å²) < 4.78 is 0. The van der Waals surface area contributed by atoms with E-state index in [9.17, 15) is 0 Å². The third kappa shape index (κ3) is 4.37. The molecule has 0 spiro atoms. The molecule has 0 amide bonds. The van der Waals surface area contributed by atoms with Gasteiger partial charge in [0.15, 0.2) is 0 Å². The summed E-state index contributed by atoms with van der Waals surface area (Å²) in [6.07, 6.45) is 9.88. The number of aromatic nitrogens is 3. The minimum atomic E-state index is 0.514. The summed E-state index contributed by atoms with van der Waals surface area (Å²) in [6.45, 7) is 4.49. The van der Waals surface area contributed by atoms with Gasteiger partial charge < -0.3 is 5.32 Å². The van der Waals surface area contributed by atoms with Crippen molar-refractivity contribution in [3.05, 3.63) is 36.7 Å². The Kier molecular flexibility index (Phi) is 5.59. The Morgan fingerprint density at radius 3 is 2.40 bits per heavy atom. The molecule has 0 aliphatic heterocycles. The molecule has 2 aromatic rings. The van der Waals surface area contributed by atoms with Crippen molar-refractivity contribution in [3.8, 4) is 5.69 Å². The van der Waals surface area contributed by atoms with Crippen LogP contribution in [0.4, 0.5) is 5.69 Å². The van der Waals surface area contributed by atoms with E-state index in [2.05, 4.69) is 41.5 Å². The van der Waals surface area contributed by atoms with Crippen LogP contribution in [-0.2, 0) is 0 Å². The summed E-state index contributed by atoms with van der Waals surface area (Å²) >= 11 is 0. The highest BCUT2D eigenvalue weighted by Crippen LogP contribution is 2.15. The van der Waals surface area contributed by atoms with E-state index >= 15 is 0 Å². The maximum absolute atomic E-state index is 4.12. The summed E-state index contributed by atoms with van der Waals surface area (Å²) in [5, 5.41) is 11.8. The van der Waals surface area contributed by atoms with Crippen LogP contribution in [0.15, 0.2) is 36.7 Å². The summed E-state index contributed by atoms with van der Waals surface area (Å²) in [7, 11) is 0. The van der Waals surface area contributed by atoms with Crippen LogP contribution in [0.1, 0.15) is 46.0 Å². The van der Waals surface area contributed by atoms with Crippen LogP contribution in [0.3, 0.4) is 0 Å². The molecule has 1 atom stereocenters.